The van der Waals surface area contributed by atoms with E-state index in [2.05, 4.69) is 20.1 Å². The molecule has 1 fully saturated rings. The van der Waals surface area contributed by atoms with E-state index in [1.165, 1.54) is 43.2 Å². The number of rotatable bonds is 9. The lowest BCUT2D eigenvalue weighted by Gasteiger charge is -2.25. The van der Waals surface area contributed by atoms with Crippen LogP contribution in [0.3, 0.4) is 0 Å². The van der Waals surface area contributed by atoms with Gasteiger partial charge in [0.15, 0.2) is 11.0 Å². The van der Waals surface area contributed by atoms with Gasteiger partial charge in [0.2, 0.25) is 5.91 Å². The largest absolute Gasteiger partial charge is 0.497 e. The number of thioether (sulfide) groups is 1. The lowest BCUT2D eigenvalue weighted by Crippen LogP contribution is -2.27. The molecule has 0 bridgehead atoms. The zero-order chi connectivity index (χ0) is 23.0. The minimum Gasteiger partial charge on any atom is -0.497 e. The third kappa shape index (κ3) is 6.13. The number of benzene rings is 2. The van der Waals surface area contributed by atoms with E-state index in [1.807, 2.05) is 24.3 Å². The van der Waals surface area contributed by atoms with E-state index in [-0.39, 0.29) is 17.5 Å². The van der Waals surface area contributed by atoms with Crippen LogP contribution in [0.25, 0.3) is 11.4 Å². The second-order valence-electron chi connectivity index (χ2n) is 8.21. The predicted molar refractivity (Wildman–Crippen MR) is 128 cm³/mol. The summed E-state index contributed by atoms with van der Waals surface area (Å²) in [6.45, 7) is 0.511. The van der Waals surface area contributed by atoms with Crippen LogP contribution in [0.1, 0.15) is 43.7 Å². The quantitative estimate of drug-likeness (QED) is 0.445. The van der Waals surface area contributed by atoms with Crippen LogP contribution in [0.2, 0.25) is 0 Å². The molecular formula is C25H29FN4O2S. The fourth-order valence-corrected chi connectivity index (χ4v) is 4.99. The van der Waals surface area contributed by atoms with Gasteiger partial charge >= 0.3 is 0 Å². The first-order valence-corrected chi connectivity index (χ1v) is 12.4. The molecule has 33 heavy (non-hydrogen) atoms. The number of hydrogen-bond acceptors (Lipinski definition) is 5. The highest BCUT2D eigenvalue weighted by molar-refractivity contribution is 7.99. The maximum absolute atomic E-state index is 13.0. The molecule has 0 saturated heterocycles. The minimum atomic E-state index is -0.254. The summed E-state index contributed by atoms with van der Waals surface area (Å²) in [5.41, 5.74) is 1.98. The topological polar surface area (TPSA) is 69.0 Å². The van der Waals surface area contributed by atoms with Crippen LogP contribution in [0.4, 0.5) is 4.39 Å². The molecule has 1 heterocycles. The smallest absolute Gasteiger partial charge is 0.230 e. The van der Waals surface area contributed by atoms with Crippen LogP contribution >= 0.6 is 11.8 Å². The van der Waals surface area contributed by atoms with Gasteiger partial charge in [0.25, 0.3) is 0 Å². The van der Waals surface area contributed by atoms with Gasteiger partial charge in [-0.1, -0.05) is 43.2 Å². The molecule has 2 aromatic carbocycles. The van der Waals surface area contributed by atoms with Crippen LogP contribution in [0.15, 0.2) is 53.7 Å². The monoisotopic (exact) mass is 468 g/mol. The van der Waals surface area contributed by atoms with E-state index < -0.39 is 0 Å². The number of halogens is 1. The zero-order valence-corrected chi connectivity index (χ0v) is 19.6. The summed E-state index contributed by atoms with van der Waals surface area (Å²) in [7, 11) is 1.65. The van der Waals surface area contributed by atoms with Crippen molar-refractivity contribution in [1.29, 1.82) is 0 Å². The number of nitrogens with zero attached hydrogens (tertiary/aromatic N) is 3. The molecule has 1 saturated carbocycles. The minimum absolute atomic E-state index is 0.0497. The summed E-state index contributed by atoms with van der Waals surface area (Å²) in [6, 6.07) is 14.5. The Labute approximate surface area is 197 Å². The number of ether oxygens (including phenoxy) is 1. The van der Waals surface area contributed by atoms with Crippen molar-refractivity contribution in [3.63, 3.8) is 0 Å². The normalized spacial score (nSPS) is 14.2. The number of nitrogens with one attached hydrogen (secondary N) is 1. The summed E-state index contributed by atoms with van der Waals surface area (Å²) >= 11 is 1.42. The molecule has 0 radical (unpaired) electrons. The van der Waals surface area contributed by atoms with Gasteiger partial charge in [-0.2, -0.15) is 0 Å². The standard InChI is InChI=1S/C25H29FN4O2S/c1-32-22-13-9-19(10-14-22)24-28-29-25(30(24)21-5-3-2-4-6-21)33-17-23(31)27-16-15-18-7-11-20(26)12-8-18/h7-14,21H,2-6,15-17H2,1H3,(H,27,31). The Hall–Kier alpha value is -2.87. The van der Waals surface area contributed by atoms with Crippen molar-refractivity contribution in [2.24, 2.45) is 0 Å². The maximum Gasteiger partial charge on any atom is 0.230 e. The number of hydrogen-bond donors (Lipinski definition) is 1. The van der Waals surface area contributed by atoms with Gasteiger partial charge in [-0.25, -0.2) is 4.39 Å². The lowest BCUT2D eigenvalue weighted by atomic mass is 9.95. The van der Waals surface area contributed by atoms with Gasteiger partial charge in [-0.05, 0) is 61.2 Å². The van der Waals surface area contributed by atoms with Gasteiger partial charge < -0.3 is 10.1 Å². The van der Waals surface area contributed by atoms with Crippen molar-refractivity contribution in [3.8, 4) is 17.1 Å². The first-order valence-electron chi connectivity index (χ1n) is 11.4. The first-order chi connectivity index (χ1) is 16.1. The summed E-state index contributed by atoms with van der Waals surface area (Å²) in [5.74, 6) is 1.61. The predicted octanol–water partition coefficient (Wildman–Crippen LogP) is 5.05. The van der Waals surface area contributed by atoms with E-state index in [4.69, 9.17) is 4.74 Å². The van der Waals surface area contributed by atoms with Gasteiger partial charge in [-0.3, -0.25) is 9.36 Å². The van der Waals surface area contributed by atoms with Crippen molar-refractivity contribution in [3.05, 3.63) is 59.9 Å². The molecule has 1 aromatic heterocycles. The molecule has 1 aliphatic carbocycles. The van der Waals surface area contributed by atoms with Crippen LogP contribution in [-0.2, 0) is 11.2 Å². The van der Waals surface area contributed by atoms with E-state index in [0.717, 1.165) is 40.7 Å². The molecule has 1 amide bonds. The van der Waals surface area contributed by atoms with Crippen molar-refractivity contribution in [2.75, 3.05) is 19.4 Å². The van der Waals surface area contributed by atoms with Crippen LogP contribution in [-0.4, -0.2) is 40.1 Å². The summed E-state index contributed by atoms with van der Waals surface area (Å²) in [5, 5.41) is 12.7. The van der Waals surface area contributed by atoms with Crippen molar-refractivity contribution >= 4 is 17.7 Å². The summed E-state index contributed by atoms with van der Waals surface area (Å²) in [6.07, 6.45) is 6.50. The highest BCUT2D eigenvalue weighted by Crippen LogP contribution is 2.35. The van der Waals surface area contributed by atoms with Gasteiger partial charge in [0.1, 0.15) is 11.6 Å². The SMILES string of the molecule is COc1ccc(-c2nnc(SCC(=O)NCCc3ccc(F)cc3)n2C2CCCCC2)cc1. The van der Waals surface area contributed by atoms with E-state index >= 15 is 0 Å². The van der Waals surface area contributed by atoms with Gasteiger partial charge in [0, 0.05) is 18.2 Å². The Morgan fingerprint density at radius 3 is 2.52 bits per heavy atom. The Kier molecular flexibility index (Phi) is 7.99. The Balaban J connectivity index is 1.41. The molecule has 4 rings (SSSR count). The molecule has 174 valence electrons. The maximum atomic E-state index is 13.0. The fourth-order valence-electron chi connectivity index (χ4n) is 4.16. The average Bonchev–Trinajstić information content (AvgIpc) is 3.28. The fraction of sp³-hybridized carbons (Fsp3) is 0.400. The van der Waals surface area contributed by atoms with Crippen molar-refractivity contribution in [2.45, 2.75) is 49.7 Å². The summed E-state index contributed by atoms with van der Waals surface area (Å²) in [4.78, 5) is 12.4. The van der Waals surface area contributed by atoms with E-state index in [9.17, 15) is 9.18 Å². The summed E-state index contributed by atoms with van der Waals surface area (Å²) < 4.78 is 20.5. The molecule has 1 N–H and O–H groups in total. The molecule has 0 spiro atoms. The van der Waals surface area contributed by atoms with Crippen LogP contribution < -0.4 is 10.1 Å². The van der Waals surface area contributed by atoms with Gasteiger partial charge in [-0.15, -0.1) is 10.2 Å². The number of amides is 1. The molecule has 1 aliphatic rings. The Morgan fingerprint density at radius 1 is 1.09 bits per heavy atom. The number of methoxy groups -OCH3 is 1. The van der Waals surface area contributed by atoms with Crippen molar-refractivity contribution < 1.29 is 13.9 Å². The zero-order valence-electron chi connectivity index (χ0n) is 18.8. The molecule has 3 aromatic rings. The molecule has 8 heteroatoms. The average molecular weight is 469 g/mol. The molecule has 0 atom stereocenters. The molecule has 6 nitrogen and oxygen atoms in total. The molecule has 0 unspecified atom stereocenters. The van der Waals surface area contributed by atoms with E-state index in [0.29, 0.717) is 19.0 Å². The number of aromatic nitrogens is 3. The van der Waals surface area contributed by atoms with Crippen LogP contribution in [0, 0.1) is 5.82 Å². The Morgan fingerprint density at radius 2 is 1.82 bits per heavy atom. The number of carbonyl (C=O) groups excluding carboxylic acids is 1. The van der Waals surface area contributed by atoms with Gasteiger partial charge in [0.05, 0.1) is 12.9 Å². The second kappa shape index (κ2) is 11.3. The Bertz CT molecular complexity index is 1050. The number of carbonyl (C=O) groups is 1. The molecule has 0 aliphatic heterocycles. The first kappa shape index (κ1) is 23.3. The highest BCUT2D eigenvalue weighted by Gasteiger charge is 2.24. The highest BCUT2D eigenvalue weighted by atomic mass is 32.2. The third-order valence-electron chi connectivity index (χ3n) is 5.93. The lowest BCUT2D eigenvalue weighted by molar-refractivity contribution is -0.118. The second-order valence-corrected chi connectivity index (χ2v) is 9.15. The van der Waals surface area contributed by atoms with E-state index in [1.54, 1.807) is 19.2 Å². The van der Waals surface area contributed by atoms with Crippen molar-refractivity contribution in [1.82, 2.24) is 20.1 Å². The third-order valence-corrected chi connectivity index (χ3v) is 6.88. The molecular weight excluding hydrogens is 439 g/mol. The van der Waals surface area contributed by atoms with Crippen LogP contribution in [0.5, 0.6) is 5.75 Å².